The van der Waals surface area contributed by atoms with Gasteiger partial charge in [-0.1, -0.05) is 0 Å². The van der Waals surface area contributed by atoms with Crippen LogP contribution in [0.4, 0.5) is 0 Å². The predicted molar refractivity (Wildman–Crippen MR) is 44.2 cm³/mol. The van der Waals surface area contributed by atoms with E-state index in [9.17, 15) is 0 Å². The summed E-state index contributed by atoms with van der Waals surface area (Å²) >= 11 is 0. The van der Waals surface area contributed by atoms with Gasteiger partial charge >= 0.3 is 0 Å². The Morgan fingerprint density at radius 3 is 1.30 bits per heavy atom. The van der Waals surface area contributed by atoms with Crippen molar-refractivity contribution in [1.82, 2.24) is 10.6 Å². The first kappa shape index (κ1) is 8.02. The third-order valence-corrected chi connectivity index (χ3v) is 2.54. The van der Waals surface area contributed by atoms with Crippen molar-refractivity contribution in [2.75, 3.05) is 14.1 Å². The highest BCUT2D eigenvalue weighted by Gasteiger charge is 2.17. The molecule has 0 aliphatic heterocycles. The number of rotatable bonds is 2. The van der Waals surface area contributed by atoms with Gasteiger partial charge in [-0.2, -0.15) is 0 Å². The summed E-state index contributed by atoms with van der Waals surface area (Å²) < 4.78 is 0. The van der Waals surface area contributed by atoms with Gasteiger partial charge in [0.1, 0.15) is 0 Å². The van der Waals surface area contributed by atoms with Crippen LogP contribution >= 0.6 is 0 Å². The number of hydrogen-bond acceptors (Lipinski definition) is 2. The Morgan fingerprint density at radius 1 is 0.800 bits per heavy atom. The summed E-state index contributed by atoms with van der Waals surface area (Å²) in [5, 5.41) is 6.64. The van der Waals surface area contributed by atoms with Crippen LogP contribution in [0.15, 0.2) is 0 Å². The van der Waals surface area contributed by atoms with Crippen LogP contribution < -0.4 is 10.6 Å². The highest BCUT2D eigenvalue weighted by atomic mass is 14.9. The van der Waals surface area contributed by atoms with Crippen molar-refractivity contribution in [3.05, 3.63) is 0 Å². The molecular formula is C8H18N2. The second-order valence-corrected chi connectivity index (χ2v) is 3.13. The van der Waals surface area contributed by atoms with Crippen molar-refractivity contribution in [1.29, 1.82) is 0 Å². The highest BCUT2D eigenvalue weighted by molar-refractivity contribution is 4.78. The first-order valence-corrected chi connectivity index (χ1v) is 4.21. The summed E-state index contributed by atoms with van der Waals surface area (Å²) in [6.45, 7) is 0. The molecule has 1 saturated carbocycles. The van der Waals surface area contributed by atoms with Gasteiger partial charge in [0.25, 0.3) is 0 Å². The van der Waals surface area contributed by atoms with Gasteiger partial charge < -0.3 is 10.6 Å². The monoisotopic (exact) mass is 142 g/mol. The molecule has 2 heteroatoms. The Balaban J connectivity index is 2.17. The van der Waals surface area contributed by atoms with E-state index >= 15 is 0 Å². The SMILES string of the molecule is CN[C@H]1CC[C@@H](NC)CC1. The molecule has 0 amide bonds. The van der Waals surface area contributed by atoms with Crippen LogP contribution in [0.2, 0.25) is 0 Å². The van der Waals surface area contributed by atoms with Gasteiger partial charge in [0, 0.05) is 12.1 Å². The van der Waals surface area contributed by atoms with Crippen molar-refractivity contribution in [3.8, 4) is 0 Å². The lowest BCUT2D eigenvalue weighted by molar-refractivity contribution is 0.330. The van der Waals surface area contributed by atoms with E-state index in [1.54, 1.807) is 0 Å². The van der Waals surface area contributed by atoms with E-state index in [-0.39, 0.29) is 0 Å². The topological polar surface area (TPSA) is 24.1 Å². The zero-order chi connectivity index (χ0) is 7.40. The summed E-state index contributed by atoms with van der Waals surface area (Å²) in [6, 6.07) is 1.56. The molecule has 10 heavy (non-hydrogen) atoms. The molecule has 0 aromatic rings. The van der Waals surface area contributed by atoms with Crippen LogP contribution in [0, 0.1) is 0 Å². The lowest BCUT2D eigenvalue weighted by Gasteiger charge is -2.27. The van der Waals surface area contributed by atoms with E-state index in [4.69, 9.17) is 0 Å². The summed E-state index contributed by atoms with van der Waals surface area (Å²) in [6.07, 6.45) is 5.34. The quantitative estimate of drug-likeness (QED) is 0.594. The molecule has 2 N–H and O–H groups in total. The van der Waals surface area contributed by atoms with Crippen molar-refractivity contribution >= 4 is 0 Å². The van der Waals surface area contributed by atoms with Crippen LogP contribution in [0.3, 0.4) is 0 Å². The summed E-state index contributed by atoms with van der Waals surface area (Å²) in [4.78, 5) is 0. The summed E-state index contributed by atoms with van der Waals surface area (Å²) in [5.74, 6) is 0. The van der Waals surface area contributed by atoms with Crippen LogP contribution in [0.5, 0.6) is 0 Å². The lowest BCUT2D eigenvalue weighted by Crippen LogP contribution is -2.37. The van der Waals surface area contributed by atoms with Gasteiger partial charge in [0.15, 0.2) is 0 Å². The highest BCUT2D eigenvalue weighted by Crippen LogP contribution is 2.17. The van der Waals surface area contributed by atoms with Crippen molar-refractivity contribution < 1.29 is 0 Å². The van der Waals surface area contributed by atoms with Gasteiger partial charge in [-0.25, -0.2) is 0 Å². The van der Waals surface area contributed by atoms with Crippen LogP contribution in [-0.2, 0) is 0 Å². The second-order valence-electron chi connectivity index (χ2n) is 3.13. The molecule has 1 fully saturated rings. The van der Waals surface area contributed by atoms with Crippen LogP contribution in [0.25, 0.3) is 0 Å². The Labute approximate surface area is 63.4 Å². The molecule has 0 unspecified atom stereocenters. The molecule has 0 heterocycles. The molecule has 0 spiro atoms. The van der Waals surface area contributed by atoms with E-state index in [0.29, 0.717) is 0 Å². The smallest absolute Gasteiger partial charge is 0.00652 e. The fourth-order valence-electron chi connectivity index (χ4n) is 1.67. The third-order valence-electron chi connectivity index (χ3n) is 2.54. The first-order valence-electron chi connectivity index (χ1n) is 4.21. The minimum Gasteiger partial charge on any atom is -0.317 e. The van der Waals surface area contributed by atoms with E-state index < -0.39 is 0 Å². The van der Waals surface area contributed by atoms with Crippen LogP contribution in [-0.4, -0.2) is 26.2 Å². The zero-order valence-electron chi connectivity index (χ0n) is 6.98. The third kappa shape index (κ3) is 1.96. The fraction of sp³-hybridized carbons (Fsp3) is 1.00. The number of hydrogen-bond donors (Lipinski definition) is 2. The Morgan fingerprint density at radius 2 is 1.10 bits per heavy atom. The van der Waals surface area contributed by atoms with Crippen LogP contribution in [0.1, 0.15) is 25.7 Å². The molecule has 0 atom stereocenters. The maximum Gasteiger partial charge on any atom is 0.00652 e. The molecule has 2 nitrogen and oxygen atoms in total. The first-order chi connectivity index (χ1) is 4.86. The summed E-state index contributed by atoms with van der Waals surface area (Å²) in [5.41, 5.74) is 0. The maximum atomic E-state index is 3.32. The van der Waals surface area contributed by atoms with E-state index in [2.05, 4.69) is 24.7 Å². The summed E-state index contributed by atoms with van der Waals surface area (Å²) in [7, 11) is 4.12. The van der Waals surface area contributed by atoms with Gasteiger partial charge in [-0.05, 0) is 39.8 Å². The molecule has 0 aromatic carbocycles. The molecule has 0 saturated heterocycles. The number of nitrogens with one attached hydrogen (secondary N) is 2. The van der Waals surface area contributed by atoms with E-state index in [1.165, 1.54) is 25.7 Å². The van der Waals surface area contributed by atoms with Crippen molar-refractivity contribution in [3.63, 3.8) is 0 Å². The fourth-order valence-corrected chi connectivity index (χ4v) is 1.67. The van der Waals surface area contributed by atoms with Crippen molar-refractivity contribution in [2.45, 2.75) is 37.8 Å². The largest absolute Gasteiger partial charge is 0.317 e. The Kier molecular flexibility index (Phi) is 3.16. The maximum absolute atomic E-state index is 3.32. The van der Waals surface area contributed by atoms with E-state index in [1.807, 2.05) is 0 Å². The van der Waals surface area contributed by atoms with Crippen molar-refractivity contribution in [2.24, 2.45) is 0 Å². The Bertz CT molecular complexity index is 73.3. The van der Waals surface area contributed by atoms with Gasteiger partial charge in [0.05, 0.1) is 0 Å². The molecule has 60 valence electrons. The molecule has 0 aromatic heterocycles. The molecule has 1 rings (SSSR count). The average molecular weight is 142 g/mol. The molecule has 0 radical (unpaired) electrons. The van der Waals surface area contributed by atoms with Gasteiger partial charge in [0.2, 0.25) is 0 Å². The minimum atomic E-state index is 0.782. The predicted octanol–water partition coefficient (Wildman–Crippen LogP) is 0.736. The lowest BCUT2D eigenvalue weighted by atomic mass is 9.91. The molecular weight excluding hydrogens is 124 g/mol. The van der Waals surface area contributed by atoms with Gasteiger partial charge in [-0.15, -0.1) is 0 Å². The zero-order valence-corrected chi connectivity index (χ0v) is 6.98. The van der Waals surface area contributed by atoms with E-state index in [0.717, 1.165) is 12.1 Å². The standard InChI is InChI=1S/C8H18N2/c1-9-7-3-5-8(10-2)6-4-7/h7-10H,3-6H2,1-2H3/t7-,8+. The normalized spacial score (nSPS) is 34.2. The molecule has 1 aliphatic carbocycles. The molecule has 1 aliphatic rings. The van der Waals surface area contributed by atoms with Gasteiger partial charge in [-0.3, -0.25) is 0 Å². The minimum absolute atomic E-state index is 0.782. The molecule has 0 bridgehead atoms. The Hall–Kier alpha value is -0.0800. The second kappa shape index (κ2) is 3.94. The average Bonchev–Trinajstić information content (AvgIpc) is 2.05.